The fourth-order valence-corrected chi connectivity index (χ4v) is 3.05. The van der Waals surface area contributed by atoms with Crippen molar-refractivity contribution in [3.05, 3.63) is 59.2 Å². The zero-order valence-electron chi connectivity index (χ0n) is 15.2. The summed E-state index contributed by atoms with van der Waals surface area (Å²) in [7, 11) is 0. The van der Waals surface area contributed by atoms with Crippen molar-refractivity contribution >= 4 is 11.6 Å². The highest BCUT2D eigenvalue weighted by Gasteiger charge is 2.26. The smallest absolute Gasteiger partial charge is 0.265 e. The van der Waals surface area contributed by atoms with Gasteiger partial charge in [0.1, 0.15) is 5.75 Å². The minimum Gasteiger partial charge on any atom is -0.482 e. The van der Waals surface area contributed by atoms with E-state index in [4.69, 9.17) is 10.5 Å². The van der Waals surface area contributed by atoms with E-state index in [1.807, 2.05) is 18.2 Å². The summed E-state index contributed by atoms with van der Waals surface area (Å²) in [6.07, 6.45) is 0.851. The van der Waals surface area contributed by atoms with Crippen LogP contribution in [0.1, 0.15) is 55.8 Å². The molecule has 1 heterocycles. The Morgan fingerprint density at radius 2 is 1.80 bits per heavy atom. The van der Waals surface area contributed by atoms with E-state index in [-0.39, 0.29) is 18.6 Å². The first-order valence-electron chi connectivity index (χ1n) is 8.91. The first kappa shape index (κ1) is 17.5. The minimum atomic E-state index is -0.0329. The highest BCUT2D eigenvalue weighted by atomic mass is 16.5. The molecular formula is C21H26N2O2. The van der Waals surface area contributed by atoms with E-state index in [0.29, 0.717) is 12.5 Å². The van der Waals surface area contributed by atoms with Gasteiger partial charge >= 0.3 is 0 Å². The van der Waals surface area contributed by atoms with Crippen LogP contribution >= 0.6 is 0 Å². The van der Waals surface area contributed by atoms with E-state index >= 15 is 0 Å². The molecule has 0 saturated heterocycles. The molecule has 0 spiro atoms. The Hall–Kier alpha value is -2.33. The predicted octanol–water partition coefficient (Wildman–Crippen LogP) is 4.15. The monoisotopic (exact) mass is 338 g/mol. The van der Waals surface area contributed by atoms with Gasteiger partial charge in [-0.25, -0.2) is 0 Å². The second kappa shape index (κ2) is 7.28. The third-order valence-electron chi connectivity index (χ3n) is 4.78. The Morgan fingerprint density at radius 3 is 2.44 bits per heavy atom. The third kappa shape index (κ3) is 3.69. The highest BCUT2D eigenvalue weighted by Crippen LogP contribution is 2.35. The molecule has 0 aromatic heterocycles. The molecule has 0 saturated carbocycles. The molecule has 1 aliphatic heterocycles. The van der Waals surface area contributed by atoms with Crippen LogP contribution in [-0.2, 0) is 11.3 Å². The Bertz CT molecular complexity index is 753. The van der Waals surface area contributed by atoms with Crippen molar-refractivity contribution in [1.29, 1.82) is 0 Å². The summed E-state index contributed by atoms with van der Waals surface area (Å²) in [5, 5.41) is 0. The van der Waals surface area contributed by atoms with E-state index in [0.717, 1.165) is 29.0 Å². The minimum absolute atomic E-state index is 0.0253. The van der Waals surface area contributed by atoms with Gasteiger partial charge in [0, 0.05) is 6.04 Å². The van der Waals surface area contributed by atoms with Crippen LogP contribution in [0.3, 0.4) is 0 Å². The zero-order chi connectivity index (χ0) is 18.0. The topological polar surface area (TPSA) is 55.6 Å². The SMILES string of the molecule is CCC(N)c1ccc2c(c1)N(Cc1ccc(C(C)C)cc1)C(=O)CO2. The van der Waals surface area contributed by atoms with Gasteiger partial charge in [-0.05, 0) is 41.2 Å². The van der Waals surface area contributed by atoms with Crippen molar-refractivity contribution in [2.75, 3.05) is 11.5 Å². The number of rotatable bonds is 5. The van der Waals surface area contributed by atoms with Crippen LogP contribution in [0.25, 0.3) is 0 Å². The summed E-state index contributed by atoms with van der Waals surface area (Å²) in [6, 6.07) is 14.3. The van der Waals surface area contributed by atoms with Crippen molar-refractivity contribution in [3.8, 4) is 5.75 Å². The van der Waals surface area contributed by atoms with Gasteiger partial charge in [0.15, 0.2) is 6.61 Å². The molecule has 0 radical (unpaired) electrons. The molecule has 4 nitrogen and oxygen atoms in total. The van der Waals surface area contributed by atoms with Gasteiger partial charge in [-0.15, -0.1) is 0 Å². The van der Waals surface area contributed by atoms with E-state index in [1.165, 1.54) is 5.56 Å². The van der Waals surface area contributed by atoms with E-state index < -0.39 is 0 Å². The van der Waals surface area contributed by atoms with Gasteiger partial charge in [-0.2, -0.15) is 0 Å². The van der Waals surface area contributed by atoms with Crippen molar-refractivity contribution in [2.45, 2.75) is 45.7 Å². The summed E-state index contributed by atoms with van der Waals surface area (Å²) in [5.41, 5.74) is 10.4. The van der Waals surface area contributed by atoms with Gasteiger partial charge in [-0.3, -0.25) is 4.79 Å². The second-order valence-electron chi connectivity index (χ2n) is 6.91. The van der Waals surface area contributed by atoms with Crippen LogP contribution in [0, 0.1) is 0 Å². The number of hydrogen-bond acceptors (Lipinski definition) is 3. The summed E-state index contributed by atoms with van der Waals surface area (Å²) in [6.45, 7) is 7.03. The molecule has 0 fully saturated rings. The van der Waals surface area contributed by atoms with Gasteiger partial charge in [0.05, 0.1) is 12.2 Å². The highest BCUT2D eigenvalue weighted by molar-refractivity contribution is 5.97. The maximum Gasteiger partial charge on any atom is 0.265 e. The van der Waals surface area contributed by atoms with Crippen molar-refractivity contribution in [1.82, 2.24) is 0 Å². The largest absolute Gasteiger partial charge is 0.482 e. The number of amides is 1. The average Bonchev–Trinajstić information content (AvgIpc) is 2.63. The van der Waals surface area contributed by atoms with Crippen LogP contribution in [0.2, 0.25) is 0 Å². The number of nitrogens with two attached hydrogens (primary N) is 1. The fourth-order valence-electron chi connectivity index (χ4n) is 3.05. The van der Waals surface area contributed by atoms with Gasteiger partial charge in [0.2, 0.25) is 0 Å². The molecule has 132 valence electrons. The summed E-state index contributed by atoms with van der Waals surface area (Å²) in [5.74, 6) is 1.21. The molecule has 1 aliphatic rings. The normalized spacial score (nSPS) is 15.1. The number of nitrogens with zero attached hydrogens (tertiary/aromatic N) is 1. The molecule has 1 unspecified atom stereocenters. The van der Waals surface area contributed by atoms with Crippen LogP contribution in [0.15, 0.2) is 42.5 Å². The number of carbonyl (C=O) groups is 1. The Kier molecular flexibility index (Phi) is 5.09. The van der Waals surface area contributed by atoms with Crippen molar-refractivity contribution in [2.24, 2.45) is 5.73 Å². The lowest BCUT2D eigenvalue weighted by molar-refractivity contribution is -0.121. The Balaban J connectivity index is 1.90. The van der Waals surface area contributed by atoms with Gasteiger partial charge in [0.25, 0.3) is 5.91 Å². The predicted molar refractivity (Wildman–Crippen MR) is 101 cm³/mol. The molecule has 0 aliphatic carbocycles. The zero-order valence-corrected chi connectivity index (χ0v) is 15.2. The van der Waals surface area contributed by atoms with E-state index in [2.05, 4.69) is 45.0 Å². The molecule has 1 atom stereocenters. The van der Waals surface area contributed by atoms with Crippen LogP contribution < -0.4 is 15.4 Å². The first-order chi connectivity index (χ1) is 12.0. The average molecular weight is 338 g/mol. The van der Waals surface area contributed by atoms with Crippen LogP contribution in [-0.4, -0.2) is 12.5 Å². The molecule has 4 heteroatoms. The molecule has 2 aromatic carbocycles. The van der Waals surface area contributed by atoms with Gasteiger partial charge < -0.3 is 15.4 Å². The summed E-state index contributed by atoms with van der Waals surface area (Å²) in [4.78, 5) is 14.3. The first-order valence-corrected chi connectivity index (χ1v) is 8.91. The fraction of sp³-hybridized carbons (Fsp3) is 0.381. The van der Waals surface area contributed by atoms with Crippen LogP contribution in [0.5, 0.6) is 5.75 Å². The number of fused-ring (bicyclic) bond motifs is 1. The lowest BCUT2D eigenvalue weighted by Crippen LogP contribution is -2.38. The Labute approximate surface area is 149 Å². The van der Waals surface area contributed by atoms with Gasteiger partial charge in [-0.1, -0.05) is 51.1 Å². The molecular weight excluding hydrogens is 312 g/mol. The quantitative estimate of drug-likeness (QED) is 0.891. The number of benzene rings is 2. The van der Waals surface area contributed by atoms with Crippen molar-refractivity contribution in [3.63, 3.8) is 0 Å². The lowest BCUT2D eigenvalue weighted by atomic mass is 10.0. The van der Waals surface area contributed by atoms with E-state index in [9.17, 15) is 4.79 Å². The summed E-state index contributed by atoms with van der Waals surface area (Å²) >= 11 is 0. The maximum atomic E-state index is 12.5. The van der Waals surface area contributed by atoms with Crippen molar-refractivity contribution < 1.29 is 9.53 Å². The number of anilines is 1. The molecule has 0 bridgehead atoms. The number of hydrogen-bond donors (Lipinski definition) is 1. The number of ether oxygens (including phenoxy) is 1. The summed E-state index contributed by atoms with van der Waals surface area (Å²) < 4.78 is 5.59. The van der Waals surface area contributed by atoms with E-state index in [1.54, 1.807) is 4.90 Å². The molecule has 2 aromatic rings. The lowest BCUT2D eigenvalue weighted by Gasteiger charge is -2.30. The maximum absolute atomic E-state index is 12.5. The number of carbonyl (C=O) groups excluding carboxylic acids is 1. The molecule has 3 rings (SSSR count). The standard InChI is InChI=1S/C21H26N2O2/c1-4-18(22)17-9-10-20-19(11-17)23(21(24)13-25-20)12-15-5-7-16(8-6-15)14(2)3/h5-11,14,18H,4,12-13,22H2,1-3H3. The molecule has 2 N–H and O–H groups in total. The molecule has 25 heavy (non-hydrogen) atoms. The molecule has 1 amide bonds. The second-order valence-corrected chi connectivity index (χ2v) is 6.91. The third-order valence-corrected chi connectivity index (χ3v) is 4.78. The Morgan fingerprint density at radius 1 is 1.12 bits per heavy atom. The van der Waals surface area contributed by atoms with Crippen LogP contribution in [0.4, 0.5) is 5.69 Å².